The van der Waals surface area contributed by atoms with Gasteiger partial charge in [-0.25, -0.2) is 4.39 Å². The average Bonchev–Trinajstić information content (AvgIpc) is 2.34. The molecule has 0 atom stereocenters. The third kappa shape index (κ3) is 3.93. The Balaban J connectivity index is 0.00000180. The van der Waals surface area contributed by atoms with Crippen LogP contribution in [0, 0.1) is 9.39 Å². The number of halogens is 4. The van der Waals surface area contributed by atoms with E-state index < -0.39 is 5.82 Å². The molecular formula is C12H14Cl2FIN2O. The molecule has 0 bridgehead atoms. The van der Waals surface area contributed by atoms with Crippen molar-refractivity contribution in [2.24, 2.45) is 5.73 Å². The molecule has 1 fully saturated rings. The summed E-state index contributed by atoms with van der Waals surface area (Å²) in [4.78, 5) is 14.0. The lowest BCUT2D eigenvalue weighted by atomic mass is 10.0. The number of nitrogens with two attached hydrogens (primary N) is 1. The Labute approximate surface area is 136 Å². The van der Waals surface area contributed by atoms with Crippen LogP contribution >= 0.6 is 46.6 Å². The van der Waals surface area contributed by atoms with Crippen LogP contribution in [0.15, 0.2) is 12.1 Å². The van der Waals surface area contributed by atoms with E-state index in [0.29, 0.717) is 22.2 Å². The minimum Gasteiger partial charge on any atom is -0.338 e. The molecule has 0 radical (unpaired) electrons. The van der Waals surface area contributed by atoms with Gasteiger partial charge in [0.15, 0.2) is 0 Å². The zero-order valence-corrected chi connectivity index (χ0v) is 13.8. The second-order valence-electron chi connectivity index (χ2n) is 4.38. The lowest BCUT2D eigenvalue weighted by Gasteiger charge is -2.30. The van der Waals surface area contributed by atoms with Gasteiger partial charge in [-0.2, -0.15) is 0 Å². The molecule has 1 saturated heterocycles. The van der Waals surface area contributed by atoms with E-state index in [1.807, 2.05) is 22.6 Å². The van der Waals surface area contributed by atoms with Crippen LogP contribution in [0.25, 0.3) is 0 Å². The molecule has 0 spiro atoms. The summed E-state index contributed by atoms with van der Waals surface area (Å²) < 4.78 is 13.7. The van der Waals surface area contributed by atoms with E-state index in [1.165, 1.54) is 12.1 Å². The number of piperidine rings is 1. The van der Waals surface area contributed by atoms with E-state index in [-0.39, 0.29) is 29.4 Å². The molecule has 0 aliphatic carbocycles. The molecule has 1 heterocycles. The Morgan fingerprint density at radius 1 is 1.42 bits per heavy atom. The van der Waals surface area contributed by atoms with Crippen LogP contribution in [-0.4, -0.2) is 29.9 Å². The Hall–Kier alpha value is -0.110. The highest BCUT2D eigenvalue weighted by atomic mass is 127. The number of hydrogen-bond donors (Lipinski definition) is 1. The maximum absolute atomic E-state index is 13.3. The third-order valence-corrected chi connectivity index (χ3v) is 4.21. The summed E-state index contributed by atoms with van der Waals surface area (Å²) in [6, 6.07) is 2.85. The predicted molar refractivity (Wildman–Crippen MR) is 84.5 cm³/mol. The van der Waals surface area contributed by atoms with Crippen molar-refractivity contribution < 1.29 is 9.18 Å². The van der Waals surface area contributed by atoms with Gasteiger partial charge in [-0.15, -0.1) is 12.4 Å². The van der Waals surface area contributed by atoms with Gasteiger partial charge in [-0.3, -0.25) is 4.79 Å². The minimum absolute atomic E-state index is 0. The number of carbonyl (C=O) groups excluding carboxylic acids is 1. The van der Waals surface area contributed by atoms with E-state index in [4.69, 9.17) is 17.3 Å². The first-order valence-electron chi connectivity index (χ1n) is 5.68. The molecule has 7 heteroatoms. The van der Waals surface area contributed by atoms with E-state index in [2.05, 4.69) is 0 Å². The molecular weight excluding hydrogens is 405 g/mol. The summed E-state index contributed by atoms with van der Waals surface area (Å²) >= 11 is 7.78. The van der Waals surface area contributed by atoms with Crippen molar-refractivity contribution in [3.63, 3.8) is 0 Å². The standard InChI is InChI=1S/C12H13ClFIN2O.ClH/c13-9-6-10(14)11(15)5-8(9)12(18)17-3-1-7(16)2-4-17;/h5-7H,1-4,16H2;1H. The second-order valence-corrected chi connectivity index (χ2v) is 5.95. The summed E-state index contributed by atoms with van der Waals surface area (Å²) in [7, 11) is 0. The molecule has 1 aromatic rings. The Bertz CT molecular complexity index is 479. The molecule has 3 nitrogen and oxygen atoms in total. The summed E-state index contributed by atoms with van der Waals surface area (Å²) in [5.41, 5.74) is 6.15. The fraction of sp³-hybridized carbons (Fsp3) is 0.417. The first-order valence-corrected chi connectivity index (χ1v) is 7.14. The lowest BCUT2D eigenvalue weighted by Crippen LogP contribution is -2.42. The first kappa shape index (κ1) is 16.9. The predicted octanol–water partition coefficient (Wildman–Crippen LogP) is 3.07. The van der Waals surface area contributed by atoms with Gasteiger partial charge in [0.2, 0.25) is 0 Å². The number of amides is 1. The quantitative estimate of drug-likeness (QED) is 0.562. The third-order valence-electron chi connectivity index (χ3n) is 3.07. The maximum Gasteiger partial charge on any atom is 0.255 e. The van der Waals surface area contributed by atoms with Gasteiger partial charge in [0.25, 0.3) is 5.91 Å². The van der Waals surface area contributed by atoms with Gasteiger partial charge in [0, 0.05) is 22.7 Å². The molecule has 1 amide bonds. The molecule has 0 unspecified atom stereocenters. The highest BCUT2D eigenvalue weighted by Crippen LogP contribution is 2.24. The summed E-state index contributed by atoms with van der Waals surface area (Å²) in [6.45, 7) is 1.26. The van der Waals surface area contributed by atoms with Crippen LogP contribution < -0.4 is 5.73 Å². The van der Waals surface area contributed by atoms with Gasteiger partial charge in [0.1, 0.15) is 5.82 Å². The fourth-order valence-corrected chi connectivity index (χ4v) is 2.66. The van der Waals surface area contributed by atoms with Crippen LogP contribution in [0.2, 0.25) is 5.02 Å². The zero-order valence-electron chi connectivity index (χ0n) is 10.0. The van der Waals surface area contributed by atoms with Crippen LogP contribution in [0.1, 0.15) is 23.2 Å². The highest BCUT2D eigenvalue weighted by Gasteiger charge is 2.24. The van der Waals surface area contributed by atoms with Crippen LogP contribution in [0.3, 0.4) is 0 Å². The second kappa shape index (κ2) is 7.06. The van der Waals surface area contributed by atoms with Gasteiger partial charge in [-0.05, 0) is 47.6 Å². The molecule has 0 aromatic heterocycles. The van der Waals surface area contributed by atoms with Crippen molar-refractivity contribution >= 4 is 52.5 Å². The molecule has 19 heavy (non-hydrogen) atoms. The van der Waals surface area contributed by atoms with Gasteiger partial charge >= 0.3 is 0 Å². The van der Waals surface area contributed by atoms with Gasteiger partial charge in [-0.1, -0.05) is 11.6 Å². The Kier molecular flexibility index (Phi) is 6.29. The average molecular weight is 419 g/mol. The van der Waals surface area contributed by atoms with Crippen molar-refractivity contribution in [1.82, 2.24) is 4.90 Å². The summed E-state index contributed by atoms with van der Waals surface area (Å²) in [5, 5.41) is 0.160. The minimum atomic E-state index is -0.405. The summed E-state index contributed by atoms with van der Waals surface area (Å²) in [6.07, 6.45) is 1.59. The van der Waals surface area contributed by atoms with Crippen molar-refractivity contribution in [2.45, 2.75) is 18.9 Å². The van der Waals surface area contributed by atoms with E-state index in [0.717, 1.165) is 12.8 Å². The van der Waals surface area contributed by atoms with E-state index in [1.54, 1.807) is 4.90 Å². The van der Waals surface area contributed by atoms with Crippen LogP contribution in [0.5, 0.6) is 0 Å². The van der Waals surface area contributed by atoms with E-state index in [9.17, 15) is 9.18 Å². The number of carbonyl (C=O) groups is 1. The smallest absolute Gasteiger partial charge is 0.255 e. The topological polar surface area (TPSA) is 46.3 Å². The zero-order chi connectivity index (χ0) is 13.3. The monoisotopic (exact) mass is 418 g/mol. The molecule has 1 aliphatic rings. The number of benzene rings is 1. The molecule has 2 N–H and O–H groups in total. The highest BCUT2D eigenvalue weighted by molar-refractivity contribution is 14.1. The summed E-state index contributed by atoms with van der Waals surface area (Å²) in [5.74, 6) is -0.553. The van der Waals surface area contributed by atoms with Crippen molar-refractivity contribution in [3.05, 3.63) is 32.1 Å². The number of hydrogen-bond acceptors (Lipinski definition) is 2. The SMILES string of the molecule is Cl.NC1CCN(C(=O)c2cc(I)c(F)cc2Cl)CC1. The molecule has 0 saturated carbocycles. The van der Waals surface area contributed by atoms with Crippen molar-refractivity contribution in [1.29, 1.82) is 0 Å². The van der Waals surface area contributed by atoms with Gasteiger partial charge in [0.05, 0.1) is 10.6 Å². The molecule has 2 rings (SSSR count). The first-order chi connectivity index (χ1) is 8.49. The number of rotatable bonds is 1. The maximum atomic E-state index is 13.3. The lowest BCUT2D eigenvalue weighted by molar-refractivity contribution is 0.0715. The van der Waals surface area contributed by atoms with Crippen molar-refractivity contribution in [2.75, 3.05) is 13.1 Å². The molecule has 1 aromatic carbocycles. The Morgan fingerprint density at radius 3 is 2.58 bits per heavy atom. The number of nitrogens with zero attached hydrogens (tertiary/aromatic N) is 1. The van der Waals surface area contributed by atoms with Crippen LogP contribution in [-0.2, 0) is 0 Å². The van der Waals surface area contributed by atoms with Crippen molar-refractivity contribution in [3.8, 4) is 0 Å². The molecule has 1 aliphatic heterocycles. The number of likely N-dealkylation sites (tertiary alicyclic amines) is 1. The largest absolute Gasteiger partial charge is 0.338 e. The fourth-order valence-electron chi connectivity index (χ4n) is 1.96. The normalized spacial score (nSPS) is 16.1. The van der Waals surface area contributed by atoms with E-state index >= 15 is 0 Å². The van der Waals surface area contributed by atoms with Gasteiger partial charge < -0.3 is 10.6 Å². The Morgan fingerprint density at radius 2 is 2.00 bits per heavy atom. The molecule has 106 valence electrons. The van der Waals surface area contributed by atoms with Crippen LogP contribution in [0.4, 0.5) is 4.39 Å².